The van der Waals surface area contributed by atoms with Crippen molar-refractivity contribution in [2.75, 3.05) is 18.0 Å². The van der Waals surface area contributed by atoms with Crippen molar-refractivity contribution in [3.05, 3.63) is 124 Å². The molecule has 0 bridgehead atoms. The predicted octanol–water partition coefficient (Wildman–Crippen LogP) is 7.06. The van der Waals surface area contributed by atoms with Gasteiger partial charge >= 0.3 is 0 Å². The number of nitrogens with one attached hydrogen (secondary N) is 1. The average molecular weight is 697 g/mol. The lowest BCUT2D eigenvalue weighted by molar-refractivity contribution is -0.140. The van der Waals surface area contributed by atoms with Gasteiger partial charge < -0.3 is 15.0 Å². The predicted molar refractivity (Wildman–Crippen MR) is 188 cm³/mol. The van der Waals surface area contributed by atoms with E-state index in [2.05, 4.69) is 5.32 Å². The first-order valence-electron chi connectivity index (χ1n) is 15.0. The number of halogens is 2. The van der Waals surface area contributed by atoms with Crippen LogP contribution in [0.4, 0.5) is 5.69 Å². The number of carbonyl (C=O) groups excluding carboxylic acids is 2. The van der Waals surface area contributed by atoms with Gasteiger partial charge in [0.15, 0.2) is 0 Å². The van der Waals surface area contributed by atoms with Crippen LogP contribution in [0.15, 0.2) is 102 Å². The molecular weight excluding hydrogens is 657 g/mol. The van der Waals surface area contributed by atoms with Crippen molar-refractivity contribution in [2.24, 2.45) is 0 Å². The lowest BCUT2D eigenvalue weighted by Gasteiger charge is -2.35. The lowest BCUT2D eigenvalue weighted by atomic mass is 10.0. The minimum atomic E-state index is -4.24. The number of nitrogens with zero attached hydrogens (tertiary/aromatic N) is 2. The molecule has 0 aliphatic carbocycles. The van der Waals surface area contributed by atoms with Crippen LogP contribution in [0.1, 0.15) is 37.5 Å². The Hall–Kier alpha value is -4.05. The van der Waals surface area contributed by atoms with Crippen molar-refractivity contribution < 1.29 is 22.7 Å². The molecule has 0 spiro atoms. The van der Waals surface area contributed by atoms with Gasteiger partial charge in [-0.15, -0.1) is 0 Å². The molecule has 1 unspecified atom stereocenters. The summed E-state index contributed by atoms with van der Waals surface area (Å²) in [5.74, 6) is -0.474. The Balaban J connectivity index is 1.84. The van der Waals surface area contributed by atoms with E-state index in [4.69, 9.17) is 27.9 Å². The van der Waals surface area contributed by atoms with Gasteiger partial charge in [0.1, 0.15) is 18.3 Å². The molecule has 0 fully saturated rings. The molecule has 47 heavy (non-hydrogen) atoms. The number of aryl methyl sites for hydroxylation is 1. The first-order chi connectivity index (χ1) is 22.2. The number of methoxy groups -OCH3 is 1. The summed E-state index contributed by atoms with van der Waals surface area (Å²) in [6, 6.07) is 26.0. The van der Waals surface area contributed by atoms with Crippen molar-refractivity contribution in [2.45, 2.75) is 57.1 Å². The zero-order valence-corrected chi connectivity index (χ0v) is 29.4. The summed E-state index contributed by atoms with van der Waals surface area (Å²) in [4.78, 5) is 30.0. The van der Waals surface area contributed by atoms with Crippen LogP contribution in [0.25, 0.3) is 0 Å². The fraction of sp³-hybridized carbons (Fsp3) is 0.278. The Labute approximate surface area is 287 Å². The fourth-order valence-electron chi connectivity index (χ4n) is 4.95. The van der Waals surface area contributed by atoms with E-state index < -0.39 is 40.0 Å². The van der Waals surface area contributed by atoms with Crippen molar-refractivity contribution in [1.82, 2.24) is 10.2 Å². The molecule has 1 atom stereocenters. The molecule has 0 heterocycles. The van der Waals surface area contributed by atoms with Gasteiger partial charge in [-0.2, -0.15) is 0 Å². The van der Waals surface area contributed by atoms with Crippen LogP contribution in [0.2, 0.25) is 10.0 Å². The van der Waals surface area contributed by atoms with Gasteiger partial charge in [0.05, 0.1) is 17.7 Å². The molecule has 0 radical (unpaired) electrons. The highest BCUT2D eigenvalue weighted by molar-refractivity contribution is 7.92. The number of hydrogen-bond donors (Lipinski definition) is 1. The maximum atomic E-state index is 14.6. The second kappa shape index (κ2) is 15.2. The second-order valence-corrected chi connectivity index (χ2v) is 14.9. The molecule has 11 heteroatoms. The van der Waals surface area contributed by atoms with E-state index in [1.54, 1.807) is 54.6 Å². The summed E-state index contributed by atoms with van der Waals surface area (Å²) in [6.07, 6.45) is 0.174. The molecular formula is C36H39Cl2N3O5S. The third-order valence-electron chi connectivity index (χ3n) is 7.37. The van der Waals surface area contributed by atoms with Crippen molar-refractivity contribution in [1.29, 1.82) is 0 Å². The Morgan fingerprint density at radius 3 is 2.11 bits per heavy atom. The average Bonchev–Trinajstić information content (AvgIpc) is 3.02. The quantitative estimate of drug-likeness (QED) is 0.171. The summed E-state index contributed by atoms with van der Waals surface area (Å²) in [7, 11) is -2.73. The molecule has 248 valence electrons. The summed E-state index contributed by atoms with van der Waals surface area (Å²) in [5.41, 5.74) is 1.89. The smallest absolute Gasteiger partial charge is 0.264 e. The number of carbonyl (C=O) groups is 2. The highest BCUT2D eigenvalue weighted by Gasteiger charge is 2.36. The summed E-state index contributed by atoms with van der Waals surface area (Å²) < 4.78 is 34.7. The number of hydrogen-bond acceptors (Lipinski definition) is 5. The number of rotatable bonds is 12. The van der Waals surface area contributed by atoms with Gasteiger partial charge in [0.2, 0.25) is 11.8 Å². The Kier molecular flexibility index (Phi) is 11.6. The summed E-state index contributed by atoms with van der Waals surface area (Å²) in [6.45, 7) is 6.74. The first kappa shape index (κ1) is 35.8. The van der Waals surface area contributed by atoms with Crippen molar-refractivity contribution >= 4 is 50.7 Å². The second-order valence-electron chi connectivity index (χ2n) is 12.2. The molecule has 1 N–H and O–H groups in total. The summed E-state index contributed by atoms with van der Waals surface area (Å²) >= 11 is 12.8. The largest absolute Gasteiger partial charge is 0.497 e. The standard InChI is InChI=1S/C36H39Cl2N3O5S/c1-25-11-19-31(20-12-25)47(44,45)41(29-15-17-30(46-5)18-16-29)24-34(42)40(23-27-13-14-28(37)22-32(27)38)33(35(43)39-36(2,3)4)21-26-9-7-6-8-10-26/h6-20,22,33H,21,23-24H2,1-5H3,(H,39,43). The summed E-state index contributed by atoms with van der Waals surface area (Å²) in [5, 5.41) is 3.73. The molecule has 0 saturated heterocycles. The van der Waals surface area contributed by atoms with Gasteiger partial charge in [-0.1, -0.05) is 77.3 Å². The topological polar surface area (TPSA) is 96.0 Å². The first-order valence-corrected chi connectivity index (χ1v) is 17.2. The Bertz CT molecular complexity index is 1790. The molecule has 0 aromatic heterocycles. The highest BCUT2D eigenvalue weighted by Crippen LogP contribution is 2.28. The van der Waals surface area contributed by atoms with Gasteiger partial charge in [-0.05, 0) is 87.4 Å². The van der Waals surface area contributed by atoms with E-state index in [0.717, 1.165) is 15.4 Å². The number of amides is 2. The van der Waals surface area contributed by atoms with Crippen molar-refractivity contribution in [3.63, 3.8) is 0 Å². The lowest BCUT2D eigenvalue weighted by Crippen LogP contribution is -2.56. The Morgan fingerprint density at radius 1 is 0.894 bits per heavy atom. The maximum Gasteiger partial charge on any atom is 0.264 e. The molecule has 8 nitrogen and oxygen atoms in total. The van der Waals surface area contributed by atoms with E-state index in [1.165, 1.54) is 24.1 Å². The molecule has 2 amide bonds. The van der Waals surface area contributed by atoms with E-state index in [0.29, 0.717) is 21.4 Å². The minimum absolute atomic E-state index is 0.0188. The van der Waals surface area contributed by atoms with Crippen LogP contribution in [0, 0.1) is 6.92 Å². The van der Waals surface area contributed by atoms with Crippen LogP contribution in [-0.2, 0) is 32.6 Å². The van der Waals surface area contributed by atoms with Crippen LogP contribution >= 0.6 is 23.2 Å². The highest BCUT2D eigenvalue weighted by atomic mass is 35.5. The van der Waals surface area contributed by atoms with Crippen LogP contribution in [0.3, 0.4) is 0 Å². The Morgan fingerprint density at radius 2 is 1.53 bits per heavy atom. The molecule has 4 aromatic carbocycles. The zero-order chi connectivity index (χ0) is 34.4. The van der Waals surface area contributed by atoms with Crippen LogP contribution < -0.4 is 14.4 Å². The number of anilines is 1. The third kappa shape index (κ3) is 9.50. The SMILES string of the molecule is COc1ccc(N(CC(=O)N(Cc2ccc(Cl)cc2Cl)C(Cc2ccccc2)C(=O)NC(C)(C)C)S(=O)(=O)c2ccc(C)cc2)cc1. The molecule has 0 aliphatic heterocycles. The van der Waals surface area contributed by atoms with Crippen LogP contribution in [-0.4, -0.2) is 50.4 Å². The monoisotopic (exact) mass is 695 g/mol. The van der Waals surface area contributed by atoms with E-state index >= 15 is 0 Å². The van der Waals surface area contributed by atoms with Crippen molar-refractivity contribution in [3.8, 4) is 5.75 Å². The zero-order valence-electron chi connectivity index (χ0n) is 27.0. The van der Waals surface area contributed by atoms with Crippen LogP contribution in [0.5, 0.6) is 5.75 Å². The number of benzene rings is 4. The molecule has 4 rings (SSSR count). The van der Waals surface area contributed by atoms with Gasteiger partial charge in [0, 0.05) is 28.5 Å². The van der Waals surface area contributed by atoms with E-state index in [9.17, 15) is 18.0 Å². The van der Waals surface area contributed by atoms with E-state index in [1.807, 2.05) is 58.0 Å². The minimum Gasteiger partial charge on any atom is -0.497 e. The number of ether oxygens (including phenoxy) is 1. The maximum absolute atomic E-state index is 14.6. The molecule has 4 aromatic rings. The third-order valence-corrected chi connectivity index (χ3v) is 9.75. The van der Waals surface area contributed by atoms with Gasteiger partial charge in [-0.3, -0.25) is 13.9 Å². The van der Waals surface area contributed by atoms with E-state index in [-0.39, 0.29) is 23.5 Å². The normalized spacial score (nSPS) is 12.2. The molecule has 0 aliphatic rings. The fourth-order valence-corrected chi connectivity index (χ4v) is 6.84. The van der Waals surface area contributed by atoms with Gasteiger partial charge in [0.25, 0.3) is 10.0 Å². The molecule has 0 saturated carbocycles. The van der Waals surface area contributed by atoms with Gasteiger partial charge in [-0.25, -0.2) is 8.42 Å². The number of sulfonamides is 1.